The number of allylic oxidation sites excluding steroid dienone is 2. The first-order valence-corrected chi connectivity index (χ1v) is 9.24. The van der Waals surface area contributed by atoms with Crippen LogP contribution in [-0.4, -0.2) is 30.1 Å². The number of ether oxygens (including phenoxy) is 1. The van der Waals surface area contributed by atoms with Gasteiger partial charge in [0, 0.05) is 0 Å². The lowest BCUT2D eigenvalue weighted by Crippen LogP contribution is -2.49. The maximum absolute atomic E-state index is 12.6. The summed E-state index contributed by atoms with van der Waals surface area (Å²) in [6.45, 7) is 12.1. The molecule has 6 atom stereocenters. The molecule has 0 radical (unpaired) electrons. The molecule has 0 spiro atoms. The number of hydrogen-bond acceptors (Lipinski definition) is 4. The van der Waals surface area contributed by atoms with Crippen LogP contribution in [0.1, 0.15) is 53.4 Å². The van der Waals surface area contributed by atoms with Gasteiger partial charge in [0.15, 0.2) is 5.78 Å². The van der Waals surface area contributed by atoms with E-state index in [0.29, 0.717) is 6.42 Å². The Morgan fingerprint density at radius 3 is 2.60 bits per heavy atom. The Bertz CT molecular complexity index is 587. The van der Waals surface area contributed by atoms with Crippen LogP contribution in [0.15, 0.2) is 23.8 Å². The van der Waals surface area contributed by atoms with Crippen LogP contribution in [-0.2, 0) is 14.3 Å². The van der Waals surface area contributed by atoms with E-state index in [1.807, 2.05) is 20.8 Å². The minimum Gasteiger partial charge on any atom is -0.469 e. The summed E-state index contributed by atoms with van der Waals surface area (Å²) in [4.78, 5) is 24.5. The lowest BCUT2D eigenvalue weighted by molar-refractivity contribution is -0.148. The maximum Gasteiger partial charge on any atom is 0.308 e. The summed E-state index contributed by atoms with van der Waals surface area (Å²) >= 11 is 0. The molecule has 0 unspecified atom stereocenters. The quantitative estimate of drug-likeness (QED) is 0.478. The van der Waals surface area contributed by atoms with Crippen molar-refractivity contribution in [2.24, 2.45) is 29.1 Å². The number of carbonyl (C=O) groups excluding carboxylic acids is 2. The van der Waals surface area contributed by atoms with E-state index in [-0.39, 0.29) is 34.9 Å². The molecule has 2 fully saturated rings. The van der Waals surface area contributed by atoms with Crippen LogP contribution >= 0.6 is 0 Å². The Hall–Kier alpha value is -1.42. The highest BCUT2D eigenvalue weighted by Gasteiger charge is 2.51. The number of esters is 1. The molecular weight excluding hydrogens is 316 g/mol. The van der Waals surface area contributed by atoms with Gasteiger partial charge < -0.3 is 9.84 Å². The van der Waals surface area contributed by atoms with Gasteiger partial charge in [0.1, 0.15) is 0 Å². The summed E-state index contributed by atoms with van der Waals surface area (Å²) in [6.07, 6.45) is 4.25. The molecule has 2 aliphatic carbocycles. The fraction of sp³-hybridized carbons (Fsp3) is 0.714. The average molecular weight is 348 g/mol. The number of aliphatic hydroxyl groups is 1. The zero-order valence-electron chi connectivity index (χ0n) is 16.2. The number of methoxy groups -OCH3 is 1. The first-order valence-electron chi connectivity index (χ1n) is 9.24. The second-order valence-corrected chi connectivity index (χ2v) is 8.50. The molecule has 0 aliphatic heterocycles. The number of fused-ring (bicyclic) bond motifs is 1. The normalized spacial score (nSPS) is 36.2. The Labute approximate surface area is 151 Å². The van der Waals surface area contributed by atoms with Crippen LogP contribution in [0, 0.1) is 29.1 Å². The Balaban J connectivity index is 2.25. The summed E-state index contributed by atoms with van der Waals surface area (Å²) in [5, 5.41) is 10.6. The summed E-state index contributed by atoms with van der Waals surface area (Å²) in [6, 6.07) is 0. The predicted octanol–water partition coefficient (Wildman–Crippen LogP) is 3.69. The molecule has 1 N–H and O–H groups in total. The Kier molecular flexibility index (Phi) is 5.93. The third-order valence-corrected chi connectivity index (χ3v) is 6.39. The van der Waals surface area contributed by atoms with Crippen molar-refractivity contribution < 1.29 is 19.4 Å². The van der Waals surface area contributed by atoms with E-state index in [9.17, 15) is 14.7 Å². The SMILES string of the molecule is C=C1[C@H](C(=O)C=C(C)C)[C@H](O)C[C@]2(C)CC[C@@H]([C@@H](C)C(=O)OC)C[C@H]12. The van der Waals surface area contributed by atoms with Gasteiger partial charge in [0.25, 0.3) is 0 Å². The number of aliphatic hydroxyl groups excluding tert-OH is 1. The van der Waals surface area contributed by atoms with E-state index >= 15 is 0 Å². The molecule has 0 aromatic rings. The average Bonchev–Trinajstić information content (AvgIpc) is 2.52. The van der Waals surface area contributed by atoms with Crippen molar-refractivity contribution in [1.82, 2.24) is 0 Å². The summed E-state index contributed by atoms with van der Waals surface area (Å²) in [5.41, 5.74) is 1.72. The van der Waals surface area contributed by atoms with Crippen LogP contribution in [0.4, 0.5) is 0 Å². The van der Waals surface area contributed by atoms with E-state index in [1.165, 1.54) is 7.11 Å². The molecule has 0 aromatic carbocycles. The minimum atomic E-state index is -0.675. The summed E-state index contributed by atoms with van der Waals surface area (Å²) in [7, 11) is 1.43. The van der Waals surface area contributed by atoms with Crippen molar-refractivity contribution in [2.45, 2.75) is 59.5 Å². The van der Waals surface area contributed by atoms with Crippen molar-refractivity contribution in [3.8, 4) is 0 Å². The maximum atomic E-state index is 12.6. The molecule has 0 aromatic heterocycles. The Morgan fingerprint density at radius 1 is 1.40 bits per heavy atom. The van der Waals surface area contributed by atoms with Gasteiger partial charge in [-0.15, -0.1) is 0 Å². The molecular formula is C21H32O4. The number of ketones is 1. The fourth-order valence-electron chi connectivity index (χ4n) is 4.88. The molecule has 0 saturated heterocycles. The Morgan fingerprint density at radius 2 is 2.04 bits per heavy atom. The van der Waals surface area contributed by atoms with E-state index < -0.39 is 12.0 Å². The summed E-state index contributed by atoms with van der Waals surface area (Å²) < 4.78 is 4.91. The van der Waals surface area contributed by atoms with Crippen molar-refractivity contribution in [3.63, 3.8) is 0 Å². The molecule has 2 rings (SSSR count). The number of carbonyl (C=O) groups is 2. The third-order valence-electron chi connectivity index (χ3n) is 6.39. The van der Waals surface area contributed by atoms with Gasteiger partial charge in [0.2, 0.25) is 0 Å². The van der Waals surface area contributed by atoms with Crippen molar-refractivity contribution in [2.75, 3.05) is 7.11 Å². The smallest absolute Gasteiger partial charge is 0.308 e. The third kappa shape index (κ3) is 3.89. The highest BCUT2D eigenvalue weighted by molar-refractivity contribution is 5.95. The van der Waals surface area contributed by atoms with E-state index in [2.05, 4.69) is 13.5 Å². The van der Waals surface area contributed by atoms with Crippen LogP contribution in [0.2, 0.25) is 0 Å². The molecule has 0 heterocycles. The van der Waals surface area contributed by atoms with Crippen LogP contribution < -0.4 is 0 Å². The van der Waals surface area contributed by atoms with Crippen LogP contribution in [0.5, 0.6) is 0 Å². The fourth-order valence-corrected chi connectivity index (χ4v) is 4.88. The lowest BCUT2D eigenvalue weighted by atomic mass is 9.52. The van der Waals surface area contributed by atoms with Gasteiger partial charge in [-0.05, 0) is 62.9 Å². The van der Waals surface area contributed by atoms with E-state index in [0.717, 1.165) is 30.4 Å². The van der Waals surface area contributed by atoms with Gasteiger partial charge in [-0.3, -0.25) is 9.59 Å². The standard InChI is InChI=1S/C21H32O4/c1-12(2)9-17(22)19-14(4)16-10-15(13(3)20(24)25-6)7-8-21(16,5)11-18(19)23/h9,13,15-16,18-19,23H,4,7-8,10-11H2,1-3,5-6H3/t13-,15-,16-,18-,19-,21+/m1/s1. The van der Waals surface area contributed by atoms with E-state index in [1.54, 1.807) is 6.08 Å². The van der Waals surface area contributed by atoms with Crippen LogP contribution in [0.25, 0.3) is 0 Å². The topological polar surface area (TPSA) is 63.6 Å². The largest absolute Gasteiger partial charge is 0.469 e. The first kappa shape index (κ1) is 19.9. The zero-order chi connectivity index (χ0) is 18.9. The molecule has 2 aliphatic rings. The number of rotatable bonds is 4. The molecule has 4 nitrogen and oxygen atoms in total. The van der Waals surface area contributed by atoms with Gasteiger partial charge in [-0.25, -0.2) is 0 Å². The number of hydrogen-bond donors (Lipinski definition) is 1. The molecule has 0 bridgehead atoms. The second-order valence-electron chi connectivity index (χ2n) is 8.50. The van der Waals surface area contributed by atoms with Crippen LogP contribution in [0.3, 0.4) is 0 Å². The van der Waals surface area contributed by atoms with Gasteiger partial charge in [-0.2, -0.15) is 0 Å². The van der Waals surface area contributed by atoms with Gasteiger partial charge in [0.05, 0.1) is 25.0 Å². The molecule has 0 amide bonds. The second kappa shape index (κ2) is 7.45. The van der Waals surface area contributed by atoms with Crippen molar-refractivity contribution in [3.05, 3.63) is 23.8 Å². The monoisotopic (exact) mass is 348 g/mol. The summed E-state index contributed by atoms with van der Waals surface area (Å²) in [5.74, 6) is -0.519. The highest BCUT2D eigenvalue weighted by atomic mass is 16.5. The van der Waals surface area contributed by atoms with Gasteiger partial charge >= 0.3 is 5.97 Å². The molecule has 140 valence electrons. The van der Waals surface area contributed by atoms with Crippen molar-refractivity contribution in [1.29, 1.82) is 0 Å². The first-order chi connectivity index (χ1) is 11.6. The van der Waals surface area contributed by atoms with Crippen molar-refractivity contribution >= 4 is 11.8 Å². The predicted molar refractivity (Wildman–Crippen MR) is 97.8 cm³/mol. The molecule has 4 heteroatoms. The zero-order valence-corrected chi connectivity index (χ0v) is 16.2. The molecule has 25 heavy (non-hydrogen) atoms. The lowest BCUT2D eigenvalue weighted by Gasteiger charge is -2.52. The molecule has 2 saturated carbocycles. The highest BCUT2D eigenvalue weighted by Crippen LogP contribution is 2.56. The minimum absolute atomic E-state index is 0.0510. The van der Waals surface area contributed by atoms with E-state index in [4.69, 9.17) is 4.74 Å². The van der Waals surface area contributed by atoms with Gasteiger partial charge in [-0.1, -0.05) is 31.6 Å².